The van der Waals surface area contributed by atoms with Crippen LogP contribution in [0.1, 0.15) is 31.0 Å². The Kier molecular flexibility index (Phi) is 6.80. The van der Waals surface area contributed by atoms with Gasteiger partial charge in [-0.1, -0.05) is 29.6 Å². The summed E-state index contributed by atoms with van der Waals surface area (Å²) < 4.78 is 1.96. The number of carbonyl (C=O) groups is 1. The van der Waals surface area contributed by atoms with Crippen molar-refractivity contribution in [3.63, 3.8) is 0 Å². The highest BCUT2D eigenvalue weighted by atomic mass is 32.2. The first-order valence-electron chi connectivity index (χ1n) is 9.09. The first kappa shape index (κ1) is 20.5. The van der Waals surface area contributed by atoms with Gasteiger partial charge < -0.3 is 9.88 Å². The lowest BCUT2D eigenvalue weighted by Gasteiger charge is -2.10. The van der Waals surface area contributed by atoms with E-state index in [9.17, 15) is 4.79 Å². The van der Waals surface area contributed by atoms with E-state index in [-0.39, 0.29) is 11.9 Å². The average molecular weight is 413 g/mol. The predicted octanol–water partition coefficient (Wildman–Crippen LogP) is 5.36. The van der Waals surface area contributed by atoms with Crippen molar-refractivity contribution in [1.82, 2.24) is 14.8 Å². The van der Waals surface area contributed by atoms with Gasteiger partial charge in [-0.25, -0.2) is 0 Å². The Morgan fingerprint density at radius 1 is 1.07 bits per heavy atom. The van der Waals surface area contributed by atoms with Gasteiger partial charge in [-0.15, -0.1) is 10.2 Å². The first-order chi connectivity index (χ1) is 13.4. The van der Waals surface area contributed by atoms with Crippen LogP contribution in [-0.4, -0.2) is 26.4 Å². The molecule has 3 aromatic rings. The molecule has 2 aromatic carbocycles. The van der Waals surface area contributed by atoms with Crippen LogP contribution in [0, 0.1) is 13.8 Å². The number of anilines is 1. The van der Waals surface area contributed by atoms with Crippen LogP contribution in [0.3, 0.4) is 0 Å². The second kappa shape index (κ2) is 9.30. The van der Waals surface area contributed by atoms with Gasteiger partial charge in [0.05, 0.1) is 5.75 Å². The maximum absolute atomic E-state index is 12.2. The van der Waals surface area contributed by atoms with Gasteiger partial charge in [0.1, 0.15) is 6.33 Å². The lowest BCUT2D eigenvalue weighted by molar-refractivity contribution is -0.113. The van der Waals surface area contributed by atoms with Crippen molar-refractivity contribution in [2.45, 2.75) is 48.7 Å². The predicted molar refractivity (Wildman–Crippen MR) is 116 cm³/mol. The molecule has 1 N–H and O–H groups in total. The smallest absolute Gasteiger partial charge is 0.234 e. The summed E-state index contributed by atoms with van der Waals surface area (Å²) in [6.07, 6.45) is 1.69. The van der Waals surface area contributed by atoms with Gasteiger partial charge >= 0.3 is 0 Å². The number of aromatic nitrogens is 3. The molecule has 3 rings (SSSR count). The number of thioether (sulfide) groups is 1. The number of carbonyl (C=O) groups excluding carboxylic acids is 1. The summed E-state index contributed by atoms with van der Waals surface area (Å²) in [6.45, 7) is 8.36. The van der Waals surface area contributed by atoms with E-state index in [0.717, 1.165) is 15.7 Å². The summed E-state index contributed by atoms with van der Waals surface area (Å²) in [6, 6.07) is 14.7. The number of nitrogens with one attached hydrogen (secondary N) is 1. The molecule has 0 saturated heterocycles. The maximum atomic E-state index is 12.2. The topological polar surface area (TPSA) is 59.8 Å². The number of hydrogen-bond donors (Lipinski definition) is 1. The van der Waals surface area contributed by atoms with Gasteiger partial charge in [0.15, 0.2) is 5.16 Å². The van der Waals surface area contributed by atoms with Gasteiger partial charge in [-0.3, -0.25) is 4.79 Å². The van der Waals surface area contributed by atoms with Crippen molar-refractivity contribution >= 4 is 35.1 Å². The van der Waals surface area contributed by atoms with E-state index in [4.69, 9.17) is 0 Å². The second-order valence-electron chi connectivity index (χ2n) is 6.82. The monoisotopic (exact) mass is 412 g/mol. The third-order valence-corrected chi connectivity index (χ3v) is 6.24. The van der Waals surface area contributed by atoms with E-state index < -0.39 is 0 Å². The van der Waals surface area contributed by atoms with Gasteiger partial charge in [0.25, 0.3) is 0 Å². The number of nitrogens with zero attached hydrogens (tertiary/aromatic N) is 3. The molecule has 0 unspecified atom stereocenters. The molecule has 0 saturated carbocycles. The normalized spacial score (nSPS) is 11.0. The van der Waals surface area contributed by atoms with Crippen molar-refractivity contribution in [2.24, 2.45) is 0 Å². The summed E-state index contributed by atoms with van der Waals surface area (Å²) in [5, 5.41) is 11.7. The number of amides is 1. The Morgan fingerprint density at radius 3 is 2.46 bits per heavy atom. The van der Waals surface area contributed by atoms with Crippen LogP contribution >= 0.6 is 23.5 Å². The highest BCUT2D eigenvalue weighted by Crippen LogP contribution is 2.30. The van der Waals surface area contributed by atoms with Crippen LogP contribution in [0.15, 0.2) is 63.7 Å². The van der Waals surface area contributed by atoms with Crippen LogP contribution in [-0.2, 0) is 4.79 Å². The SMILES string of the molecule is Cc1ccc(Sc2ccc(NC(=O)CSc3nncn3C(C)C)cc2)cc1C. The minimum absolute atomic E-state index is 0.0575. The van der Waals surface area contributed by atoms with E-state index in [1.807, 2.05) is 28.8 Å². The van der Waals surface area contributed by atoms with E-state index in [1.54, 1.807) is 18.1 Å². The molecule has 146 valence electrons. The van der Waals surface area contributed by atoms with Crippen LogP contribution < -0.4 is 5.32 Å². The number of aryl methyl sites for hydroxylation is 2. The third-order valence-electron chi connectivity index (χ3n) is 4.28. The van der Waals surface area contributed by atoms with Gasteiger partial charge in [0, 0.05) is 21.5 Å². The van der Waals surface area contributed by atoms with Crippen molar-refractivity contribution in [3.8, 4) is 0 Å². The Bertz CT molecular complexity index is 951. The van der Waals surface area contributed by atoms with Crippen molar-refractivity contribution in [2.75, 3.05) is 11.1 Å². The van der Waals surface area contributed by atoms with E-state index in [0.29, 0.717) is 5.75 Å². The summed E-state index contributed by atoms with van der Waals surface area (Å²) in [5.41, 5.74) is 3.38. The van der Waals surface area contributed by atoms with Gasteiger partial charge in [0.2, 0.25) is 5.91 Å². The van der Waals surface area contributed by atoms with E-state index >= 15 is 0 Å². The molecule has 1 aromatic heterocycles. The molecule has 7 heteroatoms. The highest BCUT2D eigenvalue weighted by molar-refractivity contribution is 7.99. The maximum Gasteiger partial charge on any atom is 0.234 e. The van der Waals surface area contributed by atoms with Crippen molar-refractivity contribution in [3.05, 3.63) is 59.9 Å². The van der Waals surface area contributed by atoms with Crippen LogP contribution in [0.4, 0.5) is 5.69 Å². The van der Waals surface area contributed by atoms with Gasteiger partial charge in [-0.05, 0) is 75.2 Å². The average Bonchev–Trinajstić information content (AvgIpc) is 3.14. The quantitative estimate of drug-likeness (QED) is 0.530. The number of benzene rings is 2. The molecule has 5 nitrogen and oxygen atoms in total. The molecule has 0 spiro atoms. The standard InChI is InChI=1S/C21H24N4OS2/c1-14(2)25-13-22-24-21(25)27-12-20(26)23-17-6-9-18(10-7-17)28-19-8-5-15(3)16(4)11-19/h5-11,13-14H,12H2,1-4H3,(H,23,26). The minimum atomic E-state index is -0.0575. The molecular formula is C21H24N4OS2. The fourth-order valence-electron chi connectivity index (χ4n) is 2.54. The molecule has 1 amide bonds. The molecule has 0 aliphatic rings. The van der Waals surface area contributed by atoms with Gasteiger partial charge in [-0.2, -0.15) is 0 Å². The molecule has 1 heterocycles. The molecular weight excluding hydrogens is 388 g/mol. The zero-order chi connectivity index (χ0) is 20.1. The zero-order valence-electron chi connectivity index (χ0n) is 16.5. The van der Waals surface area contributed by atoms with Crippen LogP contribution in [0.2, 0.25) is 0 Å². The fourth-order valence-corrected chi connectivity index (χ4v) is 4.30. The minimum Gasteiger partial charge on any atom is -0.325 e. The molecule has 0 aliphatic heterocycles. The Hall–Kier alpha value is -2.25. The molecule has 0 atom stereocenters. The number of hydrogen-bond acceptors (Lipinski definition) is 5. The van der Waals surface area contributed by atoms with E-state index in [2.05, 4.69) is 61.4 Å². The largest absolute Gasteiger partial charge is 0.325 e. The lowest BCUT2D eigenvalue weighted by Crippen LogP contribution is -2.14. The second-order valence-corrected chi connectivity index (χ2v) is 8.91. The first-order valence-corrected chi connectivity index (χ1v) is 10.9. The number of rotatable bonds is 7. The van der Waals surface area contributed by atoms with Crippen LogP contribution in [0.5, 0.6) is 0 Å². The third kappa shape index (κ3) is 5.39. The van der Waals surface area contributed by atoms with Crippen molar-refractivity contribution in [1.29, 1.82) is 0 Å². The van der Waals surface area contributed by atoms with Crippen LogP contribution in [0.25, 0.3) is 0 Å². The molecule has 0 fully saturated rings. The summed E-state index contributed by atoms with van der Waals surface area (Å²) in [5.74, 6) is 0.239. The molecule has 0 aliphatic carbocycles. The summed E-state index contributed by atoms with van der Waals surface area (Å²) in [4.78, 5) is 14.6. The molecule has 0 bridgehead atoms. The lowest BCUT2D eigenvalue weighted by atomic mass is 10.1. The molecule has 28 heavy (non-hydrogen) atoms. The Labute approximate surface area is 174 Å². The Morgan fingerprint density at radius 2 is 1.79 bits per heavy atom. The Balaban J connectivity index is 1.54. The van der Waals surface area contributed by atoms with E-state index in [1.165, 1.54) is 27.8 Å². The zero-order valence-corrected chi connectivity index (χ0v) is 18.1. The molecule has 0 radical (unpaired) electrons. The summed E-state index contributed by atoms with van der Waals surface area (Å²) in [7, 11) is 0. The fraction of sp³-hybridized carbons (Fsp3) is 0.286. The van der Waals surface area contributed by atoms with Crippen molar-refractivity contribution < 1.29 is 4.79 Å². The summed E-state index contributed by atoms with van der Waals surface area (Å²) >= 11 is 3.11. The highest BCUT2D eigenvalue weighted by Gasteiger charge is 2.11.